The molecule has 3 heterocycles. The fourth-order valence-electron chi connectivity index (χ4n) is 4.46. The molecule has 0 unspecified atom stereocenters. The predicted molar refractivity (Wildman–Crippen MR) is 123 cm³/mol. The number of aromatic nitrogens is 2. The molecule has 0 amide bonds. The zero-order chi connectivity index (χ0) is 23.8. The summed E-state index contributed by atoms with van der Waals surface area (Å²) in [6, 6.07) is 1.53. The first-order chi connectivity index (χ1) is 15.8. The highest BCUT2D eigenvalue weighted by atomic mass is 16.8. The molecule has 2 fully saturated rings. The van der Waals surface area contributed by atoms with Crippen molar-refractivity contribution in [2.24, 2.45) is 0 Å². The van der Waals surface area contributed by atoms with E-state index in [1.54, 1.807) is 13.8 Å². The molecule has 3 rings (SSSR count). The Balaban J connectivity index is 1.44. The minimum atomic E-state index is -0.832. The number of hydrogen-bond donors (Lipinski definition) is 1. The summed E-state index contributed by atoms with van der Waals surface area (Å²) < 4.78 is 24.8. The Labute approximate surface area is 195 Å². The smallest absolute Gasteiger partial charge is 0.351 e. The van der Waals surface area contributed by atoms with Crippen molar-refractivity contribution in [1.82, 2.24) is 9.55 Å². The van der Waals surface area contributed by atoms with Crippen LogP contribution in [0.2, 0.25) is 0 Å². The van der Waals surface area contributed by atoms with Crippen molar-refractivity contribution in [1.29, 1.82) is 0 Å². The first-order valence-electron chi connectivity index (χ1n) is 12.3. The molecule has 9 nitrogen and oxygen atoms in total. The van der Waals surface area contributed by atoms with Gasteiger partial charge in [0.1, 0.15) is 30.7 Å². The third-order valence-corrected chi connectivity index (χ3v) is 6.14. The van der Waals surface area contributed by atoms with Gasteiger partial charge in [0.2, 0.25) is 0 Å². The number of nitrogens with zero attached hydrogens (tertiary/aromatic N) is 2. The molecule has 0 radical (unpaired) electrons. The lowest BCUT2D eigenvalue weighted by molar-refractivity contribution is -0.203. The molecule has 2 N–H and O–H groups in total. The van der Waals surface area contributed by atoms with Crippen LogP contribution < -0.4 is 11.4 Å². The van der Waals surface area contributed by atoms with E-state index in [4.69, 9.17) is 24.7 Å². The predicted octanol–water partition coefficient (Wildman–Crippen LogP) is 3.71. The topological polar surface area (TPSA) is 115 Å². The molecule has 1 aromatic heterocycles. The summed E-state index contributed by atoms with van der Waals surface area (Å²) in [6.07, 6.45) is 10.4. The molecule has 0 aromatic carbocycles. The lowest BCUT2D eigenvalue weighted by atomic mass is 10.1. The van der Waals surface area contributed by atoms with Crippen LogP contribution in [0.5, 0.6) is 0 Å². The van der Waals surface area contributed by atoms with Crippen molar-refractivity contribution in [3.63, 3.8) is 0 Å². The van der Waals surface area contributed by atoms with Crippen LogP contribution in [-0.2, 0) is 23.7 Å². The van der Waals surface area contributed by atoms with E-state index in [0.29, 0.717) is 6.42 Å². The van der Waals surface area contributed by atoms with Crippen LogP contribution in [0, 0.1) is 0 Å². The van der Waals surface area contributed by atoms with Crippen molar-refractivity contribution in [2.75, 3.05) is 12.3 Å². The van der Waals surface area contributed by atoms with Crippen LogP contribution in [0.3, 0.4) is 0 Å². The number of ether oxygens (including phenoxy) is 4. The SMILES string of the molecule is CCCCCCCCCCCC(=O)OC[C@H]1O[C@@H](n2ccc(N)nc2=O)[C@@H]2OC(C)(C)O[C@@H]21. The number of rotatable bonds is 13. The Hall–Kier alpha value is -1.97. The number of nitrogens with two attached hydrogens (primary N) is 1. The molecule has 0 saturated carbocycles. The third-order valence-electron chi connectivity index (χ3n) is 6.14. The molecule has 2 aliphatic rings. The first kappa shape index (κ1) is 25.6. The maximum absolute atomic E-state index is 12.3. The maximum Gasteiger partial charge on any atom is 0.351 e. The van der Waals surface area contributed by atoms with Gasteiger partial charge in [-0.05, 0) is 26.3 Å². The summed E-state index contributed by atoms with van der Waals surface area (Å²) in [5, 5.41) is 0. The number of hydrogen-bond acceptors (Lipinski definition) is 8. The van der Waals surface area contributed by atoms with Gasteiger partial charge >= 0.3 is 11.7 Å². The van der Waals surface area contributed by atoms with Gasteiger partial charge in [-0.15, -0.1) is 0 Å². The molecule has 33 heavy (non-hydrogen) atoms. The van der Waals surface area contributed by atoms with Crippen molar-refractivity contribution >= 4 is 11.8 Å². The molecule has 0 aliphatic carbocycles. The number of nitrogen functional groups attached to an aromatic ring is 1. The maximum atomic E-state index is 12.3. The van der Waals surface area contributed by atoms with Crippen LogP contribution in [0.1, 0.15) is 91.2 Å². The Kier molecular flexibility index (Phi) is 9.28. The highest BCUT2D eigenvalue weighted by Crippen LogP contribution is 2.42. The second kappa shape index (κ2) is 11.9. The quantitative estimate of drug-likeness (QED) is 0.346. The number of anilines is 1. The zero-order valence-electron chi connectivity index (χ0n) is 20.2. The molecule has 0 spiro atoms. The van der Waals surface area contributed by atoms with Crippen LogP contribution in [0.4, 0.5) is 5.82 Å². The molecule has 4 atom stereocenters. The standard InChI is InChI=1S/C24H39N3O6/c1-4-5-6-7-8-9-10-11-12-13-19(28)30-16-17-20-21(33-24(2,3)32-20)22(31-17)27-15-14-18(25)26-23(27)29/h14-15,17,20-22H,4-13,16H2,1-3H3,(H2,25,26,29)/t17-,20-,21-,22-/m1/s1. The van der Waals surface area contributed by atoms with Gasteiger partial charge in [0, 0.05) is 12.6 Å². The second-order valence-electron chi connectivity index (χ2n) is 9.43. The zero-order valence-corrected chi connectivity index (χ0v) is 20.2. The fraction of sp³-hybridized carbons (Fsp3) is 0.792. The van der Waals surface area contributed by atoms with E-state index in [9.17, 15) is 9.59 Å². The van der Waals surface area contributed by atoms with Gasteiger partial charge in [-0.25, -0.2) is 4.79 Å². The summed E-state index contributed by atoms with van der Waals surface area (Å²) in [7, 11) is 0. The van der Waals surface area contributed by atoms with Gasteiger partial charge < -0.3 is 24.7 Å². The number of esters is 1. The van der Waals surface area contributed by atoms with Crippen LogP contribution in [-0.4, -0.2) is 46.2 Å². The molecule has 186 valence electrons. The van der Waals surface area contributed by atoms with Crippen LogP contribution >= 0.6 is 0 Å². The largest absolute Gasteiger partial charge is 0.463 e. The summed E-state index contributed by atoms with van der Waals surface area (Å²) in [5.74, 6) is -0.941. The summed E-state index contributed by atoms with van der Waals surface area (Å²) in [6.45, 7) is 5.88. The Morgan fingerprint density at radius 2 is 1.73 bits per heavy atom. The first-order valence-corrected chi connectivity index (χ1v) is 12.3. The highest BCUT2D eigenvalue weighted by molar-refractivity contribution is 5.69. The van der Waals surface area contributed by atoms with Gasteiger partial charge in [0.25, 0.3) is 0 Å². The minimum Gasteiger partial charge on any atom is -0.463 e. The molecule has 2 aliphatic heterocycles. The van der Waals surface area contributed by atoms with Crippen molar-refractivity contribution in [2.45, 2.75) is 115 Å². The van der Waals surface area contributed by atoms with Crippen molar-refractivity contribution in [3.05, 3.63) is 22.7 Å². The second-order valence-corrected chi connectivity index (χ2v) is 9.43. The van der Waals surface area contributed by atoms with Crippen LogP contribution in [0.25, 0.3) is 0 Å². The summed E-state index contributed by atoms with van der Waals surface area (Å²) >= 11 is 0. The lowest BCUT2D eigenvalue weighted by Gasteiger charge is -2.24. The molecule has 2 saturated heterocycles. The van der Waals surface area contributed by atoms with Gasteiger partial charge in [0.05, 0.1) is 0 Å². The molecule has 0 bridgehead atoms. The van der Waals surface area contributed by atoms with E-state index in [2.05, 4.69) is 11.9 Å². The molecular weight excluding hydrogens is 426 g/mol. The van der Waals surface area contributed by atoms with Gasteiger partial charge in [-0.2, -0.15) is 4.98 Å². The summed E-state index contributed by atoms with van der Waals surface area (Å²) in [4.78, 5) is 28.3. The highest BCUT2D eigenvalue weighted by Gasteiger charge is 2.56. The fourth-order valence-corrected chi connectivity index (χ4v) is 4.46. The number of carbonyl (C=O) groups is 1. The van der Waals surface area contributed by atoms with E-state index in [1.165, 1.54) is 55.4 Å². The van der Waals surface area contributed by atoms with Gasteiger partial charge in [-0.3, -0.25) is 9.36 Å². The summed E-state index contributed by atoms with van der Waals surface area (Å²) in [5.41, 5.74) is 5.06. The number of carbonyl (C=O) groups excluding carboxylic acids is 1. The average molecular weight is 466 g/mol. The third kappa shape index (κ3) is 7.25. The normalized spacial score (nSPS) is 25.8. The Morgan fingerprint density at radius 3 is 2.39 bits per heavy atom. The monoisotopic (exact) mass is 465 g/mol. The van der Waals surface area contributed by atoms with E-state index < -0.39 is 36.0 Å². The Morgan fingerprint density at radius 1 is 1.09 bits per heavy atom. The molecule has 1 aromatic rings. The van der Waals surface area contributed by atoms with Crippen molar-refractivity contribution < 1.29 is 23.7 Å². The molecule has 9 heteroatoms. The minimum absolute atomic E-state index is 0.0462. The van der Waals surface area contributed by atoms with Gasteiger partial charge in [0.15, 0.2) is 12.0 Å². The van der Waals surface area contributed by atoms with Crippen molar-refractivity contribution in [3.8, 4) is 0 Å². The van der Waals surface area contributed by atoms with Gasteiger partial charge in [-0.1, -0.05) is 58.3 Å². The van der Waals surface area contributed by atoms with E-state index in [-0.39, 0.29) is 18.4 Å². The lowest BCUT2D eigenvalue weighted by Crippen LogP contribution is -2.35. The van der Waals surface area contributed by atoms with E-state index >= 15 is 0 Å². The number of fused-ring (bicyclic) bond motifs is 1. The number of unbranched alkanes of at least 4 members (excludes halogenated alkanes) is 8. The van der Waals surface area contributed by atoms with E-state index in [0.717, 1.165) is 19.3 Å². The van der Waals surface area contributed by atoms with Crippen LogP contribution in [0.15, 0.2) is 17.1 Å². The Bertz CT molecular complexity index is 827. The van der Waals surface area contributed by atoms with E-state index in [1.807, 2.05) is 0 Å². The molecular formula is C24H39N3O6. The average Bonchev–Trinajstić information content (AvgIpc) is 3.24.